The molecule has 22 heavy (non-hydrogen) atoms. The number of benzene rings is 3. The molecule has 0 saturated carbocycles. The number of rotatable bonds is 4. The average Bonchev–Trinajstić information content (AvgIpc) is 2.57. The van der Waals surface area contributed by atoms with E-state index in [0.717, 1.165) is 0 Å². The molecule has 110 valence electrons. The van der Waals surface area contributed by atoms with Crippen LogP contribution >= 0.6 is 15.8 Å². The molecule has 0 aliphatic heterocycles. The highest BCUT2D eigenvalue weighted by Gasteiger charge is 2.19. The van der Waals surface area contributed by atoms with Gasteiger partial charge < -0.3 is 0 Å². The molecule has 0 fully saturated rings. The summed E-state index contributed by atoms with van der Waals surface area (Å²) >= 11 is 0. The van der Waals surface area contributed by atoms with Crippen molar-refractivity contribution in [1.29, 1.82) is 0 Å². The Bertz CT molecular complexity index is 681. The summed E-state index contributed by atoms with van der Waals surface area (Å²) in [6.07, 6.45) is 0. The van der Waals surface area contributed by atoms with E-state index >= 15 is 0 Å². The minimum Gasteiger partial charge on any atom is -0.0810 e. The molecule has 3 aromatic rings. The highest BCUT2D eigenvalue weighted by molar-refractivity contribution is 7.81. The van der Waals surface area contributed by atoms with Crippen LogP contribution in [0.4, 0.5) is 0 Å². The van der Waals surface area contributed by atoms with Crippen LogP contribution in [-0.2, 0) is 0 Å². The van der Waals surface area contributed by atoms with E-state index in [1.807, 2.05) is 0 Å². The second kappa shape index (κ2) is 7.19. The maximum absolute atomic E-state index is 2.34. The quantitative estimate of drug-likeness (QED) is 0.641. The van der Waals surface area contributed by atoms with E-state index in [0.29, 0.717) is 0 Å². The first-order chi connectivity index (χ1) is 10.8. The minimum atomic E-state index is -0.483. The number of hydrogen-bond donors (Lipinski definition) is 0. The Morgan fingerprint density at radius 1 is 0.500 bits per heavy atom. The van der Waals surface area contributed by atoms with Crippen LogP contribution in [0.5, 0.6) is 0 Å². The molecule has 0 aromatic heterocycles. The lowest BCUT2D eigenvalue weighted by Gasteiger charge is -2.23. The molecule has 0 aliphatic carbocycles. The molecule has 0 atom stereocenters. The van der Waals surface area contributed by atoms with Crippen molar-refractivity contribution in [2.75, 3.05) is 13.3 Å². The van der Waals surface area contributed by atoms with Gasteiger partial charge in [0.1, 0.15) is 0 Å². The lowest BCUT2D eigenvalue weighted by molar-refractivity contribution is 1.75. The Labute approximate surface area is 135 Å². The molecule has 0 aliphatic rings. The predicted octanol–water partition coefficient (Wildman–Crippen LogP) is 3.81. The van der Waals surface area contributed by atoms with Gasteiger partial charge in [0.25, 0.3) is 0 Å². The molecule has 0 radical (unpaired) electrons. The Morgan fingerprint density at radius 3 is 1.36 bits per heavy atom. The molecule has 0 nitrogen and oxygen atoms in total. The Kier molecular flexibility index (Phi) is 5.04. The second-order valence-electron chi connectivity index (χ2n) is 5.39. The molecule has 0 amide bonds. The van der Waals surface area contributed by atoms with E-state index < -0.39 is 7.92 Å². The third-order valence-electron chi connectivity index (χ3n) is 3.63. The molecular formula is C20H20P2. The first kappa shape index (κ1) is 15.4. The Morgan fingerprint density at radius 2 is 0.909 bits per heavy atom. The van der Waals surface area contributed by atoms with Gasteiger partial charge in [-0.15, -0.1) is 0 Å². The minimum absolute atomic E-state index is 0.113. The molecule has 3 rings (SSSR count). The van der Waals surface area contributed by atoms with Crippen molar-refractivity contribution in [2.45, 2.75) is 0 Å². The summed E-state index contributed by atoms with van der Waals surface area (Å²) in [6, 6.07) is 30.8. The summed E-state index contributed by atoms with van der Waals surface area (Å²) < 4.78 is 0. The monoisotopic (exact) mass is 322 g/mol. The Balaban J connectivity index is 2.19. The van der Waals surface area contributed by atoms with E-state index in [1.165, 1.54) is 21.2 Å². The fourth-order valence-corrected chi connectivity index (χ4v) is 6.76. The fraction of sp³-hybridized carbons (Fsp3) is 0.100. The fourth-order valence-electron chi connectivity index (χ4n) is 2.61. The molecule has 0 N–H and O–H groups in total. The van der Waals surface area contributed by atoms with E-state index in [4.69, 9.17) is 0 Å². The summed E-state index contributed by atoms with van der Waals surface area (Å²) in [6.45, 7) is 4.69. The Hall–Kier alpha value is -1.48. The van der Waals surface area contributed by atoms with Crippen LogP contribution in [0.2, 0.25) is 0 Å². The van der Waals surface area contributed by atoms with Gasteiger partial charge in [-0.25, -0.2) is 0 Å². The standard InChI is InChI=1S/C20H20P2/c1-21(2)19-15-9-10-16-20(19)22(17-11-5-3-6-12-17)18-13-7-4-8-14-18/h3-16H,1-2H3. The van der Waals surface area contributed by atoms with Gasteiger partial charge in [0, 0.05) is 0 Å². The molecule has 3 aromatic carbocycles. The first-order valence-corrected chi connectivity index (χ1v) is 11.0. The van der Waals surface area contributed by atoms with E-state index in [9.17, 15) is 0 Å². The van der Waals surface area contributed by atoms with Crippen LogP contribution in [0.25, 0.3) is 0 Å². The highest BCUT2D eigenvalue weighted by atomic mass is 31.1. The van der Waals surface area contributed by atoms with Crippen molar-refractivity contribution in [3.63, 3.8) is 0 Å². The van der Waals surface area contributed by atoms with Crippen LogP contribution in [-0.4, -0.2) is 13.3 Å². The third-order valence-corrected chi connectivity index (χ3v) is 7.66. The van der Waals surface area contributed by atoms with Gasteiger partial charge in [-0.1, -0.05) is 92.9 Å². The van der Waals surface area contributed by atoms with E-state index in [1.54, 1.807) is 0 Å². The molecule has 0 saturated heterocycles. The van der Waals surface area contributed by atoms with Gasteiger partial charge in [-0.05, 0) is 42.5 Å². The maximum Gasteiger partial charge on any atom is -0.00744 e. The van der Waals surface area contributed by atoms with Gasteiger partial charge >= 0.3 is 0 Å². The van der Waals surface area contributed by atoms with Gasteiger partial charge in [0.15, 0.2) is 0 Å². The van der Waals surface area contributed by atoms with E-state index in [2.05, 4.69) is 98.3 Å². The SMILES string of the molecule is CP(C)c1ccccc1P(c1ccccc1)c1ccccc1. The first-order valence-electron chi connectivity index (χ1n) is 7.44. The van der Waals surface area contributed by atoms with Crippen LogP contribution in [0, 0.1) is 0 Å². The van der Waals surface area contributed by atoms with Gasteiger partial charge in [-0.2, -0.15) is 0 Å². The van der Waals surface area contributed by atoms with Crippen molar-refractivity contribution >= 4 is 37.1 Å². The summed E-state index contributed by atoms with van der Waals surface area (Å²) in [4.78, 5) is 0. The van der Waals surface area contributed by atoms with Crippen molar-refractivity contribution in [2.24, 2.45) is 0 Å². The van der Waals surface area contributed by atoms with Gasteiger partial charge in [-0.3, -0.25) is 0 Å². The van der Waals surface area contributed by atoms with Crippen molar-refractivity contribution < 1.29 is 0 Å². The van der Waals surface area contributed by atoms with Crippen molar-refractivity contribution in [3.05, 3.63) is 84.9 Å². The normalized spacial score (nSPS) is 11.1. The molecule has 0 heterocycles. The zero-order chi connectivity index (χ0) is 15.4. The predicted molar refractivity (Wildman–Crippen MR) is 104 cm³/mol. The zero-order valence-corrected chi connectivity index (χ0v) is 14.8. The van der Waals surface area contributed by atoms with Gasteiger partial charge in [0.05, 0.1) is 0 Å². The highest BCUT2D eigenvalue weighted by Crippen LogP contribution is 2.35. The lowest BCUT2D eigenvalue weighted by atomic mass is 10.3. The van der Waals surface area contributed by atoms with Crippen LogP contribution < -0.4 is 21.2 Å². The number of hydrogen-bond acceptors (Lipinski definition) is 0. The lowest BCUT2D eigenvalue weighted by Crippen LogP contribution is -2.29. The summed E-state index contributed by atoms with van der Waals surface area (Å²) in [5.74, 6) is 0. The summed E-state index contributed by atoms with van der Waals surface area (Å²) in [5.41, 5.74) is 0. The van der Waals surface area contributed by atoms with Gasteiger partial charge in [0.2, 0.25) is 0 Å². The molecule has 2 heteroatoms. The van der Waals surface area contributed by atoms with E-state index in [-0.39, 0.29) is 7.92 Å². The molecule has 0 bridgehead atoms. The maximum atomic E-state index is 2.34. The topological polar surface area (TPSA) is 0 Å². The van der Waals surface area contributed by atoms with Crippen LogP contribution in [0.1, 0.15) is 0 Å². The third kappa shape index (κ3) is 3.30. The smallest absolute Gasteiger partial charge is 0.00744 e. The molecular weight excluding hydrogens is 302 g/mol. The summed E-state index contributed by atoms with van der Waals surface area (Å²) in [7, 11) is -0.596. The second-order valence-corrected chi connectivity index (χ2v) is 9.85. The summed E-state index contributed by atoms with van der Waals surface area (Å²) in [5, 5.41) is 5.88. The molecule has 0 spiro atoms. The van der Waals surface area contributed by atoms with Crippen molar-refractivity contribution in [1.82, 2.24) is 0 Å². The largest absolute Gasteiger partial charge is 0.0810 e. The van der Waals surface area contributed by atoms with Crippen LogP contribution in [0.3, 0.4) is 0 Å². The van der Waals surface area contributed by atoms with Crippen LogP contribution in [0.15, 0.2) is 84.9 Å². The molecule has 0 unspecified atom stereocenters. The zero-order valence-electron chi connectivity index (χ0n) is 13.0. The van der Waals surface area contributed by atoms with Crippen molar-refractivity contribution in [3.8, 4) is 0 Å². The average molecular weight is 322 g/mol.